The van der Waals surface area contributed by atoms with E-state index in [9.17, 15) is 4.79 Å². The second kappa shape index (κ2) is 13.3. The molecule has 1 aliphatic rings. The Balaban J connectivity index is 2.17. The fraction of sp³-hybridized carbons (Fsp3) is 0.410. The average Bonchev–Trinajstić information content (AvgIpc) is 3.84. The van der Waals surface area contributed by atoms with E-state index in [1.54, 1.807) is 6.08 Å². The van der Waals surface area contributed by atoms with Crippen LogP contribution < -0.4 is 21.4 Å². The molecule has 0 atom stereocenters. The number of allylic oxidation sites excluding steroid dienone is 2. The van der Waals surface area contributed by atoms with Crippen LogP contribution in [0.25, 0.3) is 22.3 Å². The molecule has 4 aromatic rings. The van der Waals surface area contributed by atoms with Gasteiger partial charge in [0.15, 0.2) is 0 Å². The minimum atomic E-state index is 0.838. The van der Waals surface area contributed by atoms with Gasteiger partial charge in [0.25, 0.3) is 0 Å². The smallest absolute Gasteiger partial charge is 0.142 e. The van der Waals surface area contributed by atoms with Gasteiger partial charge in [0.1, 0.15) is 6.29 Å². The molecule has 0 unspecified atom stereocenters. The summed E-state index contributed by atoms with van der Waals surface area (Å²) in [6.45, 7) is 18.9. The predicted octanol–water partition coefficient (Wildman–Crippen LogP) is 5.84. The summed E-state index contributed by atoms with van der Waals surface area (Å²) in [7, 11) is 0. The quantitative estimate of drug-likeness (QED) is 0.158. The molecule has 5 heterocycles. The molecule has 3 N–H and O–H groups in total. The fourth-order valence-corrected chi connectivity index (χ4v) is 7.72. The van der Waals surface area contributed by atoms with Crippen molar-refractivity contribution >= 4 is 28.6 Å². The van der Waals surface area contributed by atoms with Crippen molar-refractivity contribution in [2.24, 2.45) is 0 Å². The van der Waals surface area contributed by atoms with E-state index >= 15 is 0 Å². The summed E-state index contributed by atoms with van der Waals surface area (Å²) in [6, 6.07) is 9.01. The van der Waals surface area contributed by atoms with Gasteiger partial charge in [-0.15, -0.1) is 0 Å². The lowest BCUT2D eigenvalue weighted by molar-refractivity contribution is -0.104. The van der Waals surface area contributed by atoms with E-state index in [4.69, 9.17) is 0 Å². The summed E-state index contributed by atoms with van der Waals surface area (Å²) in [4.78, 5) is 23.5. The van der Waals surface area contributed by atoms with Gasteiger partial charge in [0.05, 0.1) is 11.0 Å². The number of rotatable bonds is 10. The molecule has 4 aromatic heterocycles. The topological polar surface area (TPSA) is 69.4 Å². The molecule has 5 rings (SSSR count). The van der Waals surface area contributed by atoms with Gasteiger partial charge in [-0.25, -0.2) is 0 Å². The minimum absolute atomic E-state index is 0.838. The second-order valence-corrected chi connectivity index (χ2v) is 11.6. The molecule has 8 bridgehead atoms. The summed E-state index contributed by atoms with van der Waals surface area (Å²) in [5, 5.41) is 4.87. The first-order valence-electron chi connectivity index (χ1n) is 16.9. The number of nitrogens with zero attached hydrogens (tertiary/aromatic N) is 1. The zero-order valence-electron chi connectivity index (χ0n) is 28.1. The van der Waals surface area contributed by atoms with Crippen molar-refractivity contribution < 1.29 is 4.79 Å². The lowest BCUT2D eigenvalue weighted by Crippen LogP contribution is -2.31. The van der Waals surface area contributed by atoms with E-state index in [0.29, 0.717) is 0 Å². The molecule has 0 radical (unpaired) electrons. The predicted molar refractivity (Wildman–Crippen MR) is 185 cm³/mol. The zero-order valence-corrected chi connectivity index (χ0v) is 28.1. The number of hydrogen-bond donors (Lipinski definition) is 3. The van der Waals surface area contributed by atoms with Crippen molar-refractivity contribution in [2.45, 2.75) is 107 Å². The summed E-state index contributed by atoms with van der Waals surface area (Å²) in [5.41, 5.74) is 15.2. The summed E-state index contributed by atoms with van der Waals surface area (Å²) < 4.78 is 2.53. The highest BCUT2D eigenvalue weighted by atomic mass is 16.1. The fourth-order valence-electron chi connectivity index (χ4n) is 7.72. The Morgan fingerprint density at radius 2 is 1.11 bits per heavy atom. The van der Waals surface area contributed by atoms with Gasteiger partial charge in [-0.2, -0.15) is 0 Å². The third-order valence-corrected chi connectivity index (χ3v) is 9.61. The van der Waals surface area contributed by atoms with Gasteiger partial charge in [-0.3, -0.25) is 4.79 Å². The maximum Gasteiger partial charge on any atom is 0.142 e. The molecule has 0 fully saturated rings. The Kier molecular flexibility index (Phi) is 9.53. The Morgan fingerprint density at radius 3 is 1.66 bits per heavy atom. The van der Waals surface area contributed by atoms with Gasteiger partial charge in [-0.05, 0) is 127 Å². The van der Waals surface area contributed by atoms with Gasteiger partial charge in [0, 0.05) is 45.2 Å². The molecule has 0 spiro atoms. The molecule has 0 saturated heterocycles. The number of nitrogens with one attached hydrogen (secondary N) is 3. The van der Waals surface area contributed by atoms with Crippen molar-refractivity contribution in [1.29, 1.82) is 0 Å². The van der Waals surface area contributed by atoms with Crippen molar-refractivity contribution in [2.75, 3.05) is 0 Å². The molecule has 5 heteroatoms. The van der Waals surface area contributed by atoms with Crippen LogP contribution in [0.2, 0.25) is 0 Å². The Bertz CT molecular complexity index is 1960. The van der Waals surface area contributed by atoms with Gasteiger partial charge < -0.3 is 19.5 Å². The lowest BCUT2D eigenvalue weighted by atomic mass is 9.96. The van der Waals surface area contributed by atoms with Crippen LogP contribution in [0.1, 0.15) is 120 Å². The number of hydrogen-bond acceptors (Lipinski definition) is 1. The average molecular weight is 591 g/mol. The summed E-state index contributed by atoms with van der Waals surface area (Å²) in [5.74, 6) is 0. The Labute approximate surface area is 262 Å². The molecular formula is C39H50N4O. The highest BCUT2D eigenvalue weighted by Gasteiger charge is 2.24. The van der Waals surface area contributed by atoms with Crippen LogP contribution in [-0.4, -0.2) is 25.8 Å². The number of carbonyl (C=O) groups is 1. The van der Waals surface area contributed by atoms with Crippen LogP contribution in [0, 0.1) is 0 Å². The number of H-pyrrole nitrogens is 3. The number of carbonyl (C=O) groups excluding carboxylic acids is 1. The van der Waals surface area contributed by atoms with Crippen molar-refractivity contribution in [1.82, 2.24) is 19.5 Å². The molecule has 0 saturated carbocycles. The van der Waals surface area contributed by atoms with E-state index in [1.807, 2.05) is 6.08 Å². The van der Waals surface area contributed by atoms with E-state index < -0.39 is 0 Å². The standard InChI is InChI=1S/C39H50N4O/c1-9-24-25(10-2)37-31(18-17-23-44)39-27(12-4)26(11-3)38(43(39)16-8)30(15-7)35-22-20-33(41-35)28(13-5)32-19-21-34(40-32)29(14-6)36(24)42-37/h17-23,40-42H,9-16H2,1-8H3. The number of aromatic amines is 3. The van der Waals surface area contributed by atoms with E-state index in [1.165, 1.54) is 66.8 Å². The third-order valence-electron chi connectivity index (χ3n) is 9.61. The van der Waals surface area contributed by atoms with Crippen molar-refractivity contribution in [3.8, 4) is 0 Å². The minimum Gasteiger partial charge on any atom is -0.355 e. The van der Waals surface area contributed by atoms with Crippen LogP contribution in [0.3, 0.4) is 0 Å². The Morgan fingerprint density at radius 1 is 0.568 bits per heavy atom. The summed E-state index contributed by atoms with van der Waals surface area (Å²) in [6.07, 6.45) is 11.1. The largest absolute Gasteiger partial charge is 0.355 e. The van der Waals surface area contributed by atoms with E-state index in [2.05, 4.69) is 99.2 Å². The second-order valence-electron chi connectivity index (χ2n) is 11.6. The summed E-state index contributed by atoms with van der Waals surface area (Å²) >= 11 is 0. The van der Waals surface area contributed by atoms with Crippen molar-refractivity contribution in [3.05, 3.63) is 103 Å². The zero-order chi connectivity index (χ0) is 31.5. The Hall–Kier alpha value is -3.99. The lowest BCUT2D eigenvalue weighted by Gasteiger charge is -2.11. The molecule has 0 aliphatic carbocycles. The van der Waals surface area contributed by atoms with Crippen molar-refractivity contribution in [3.63, 3.8) is 0 Å². The van der Waals surface area contributed by atoms with E-state index in [-0.39, 0.29) is 0 Å². The first-order chi connectivity index (χ1) is 21.5. The monoisotopic (exact) mass is 590 g/mol. The van der Waals surface area contributed by atoms with E-state index in [0.717, 1.165) is 79.7 Å². The molecule has 0 amide bonds. The molecular weight excluding hydrogens is 540 g/mol. The van der Waals surface area contributed by atoms with Gasteiger partial charge >= 0.3 is 0 Å². The normalized spacial score (nSPS) is 13.5. The first-order valence-corrected chi connectivity index (χ1v) is 16.9. The third kappa shape index (κ3) is 5.00. The molecule has 232 valence electrons. The maximum atomic E-state index is 11.9. The van der Waals surface area contributed by atoms with Crippen LogP contribution in [0.4, 0.5) is 0 Å². The number of aldehydes is 1. The van der Waals surface area contributed by atoms with Crippen LogP contribution in [-0.2, 0) is 37.0 Å². The van der Waals surface area contributed by atoms with Gasteiger partial charge in [0.2, 0.25) is 0 Å². The molecule has 0 aromatic carbocycles. The SMILES string of the molecule is CCC1=c2ccc([nH]2)=C(CC)c2[nH]c(c(CC)c2CC)C(C=CC=O)=c2c(CC)c(CC)c(n2CC)=C(CC)c2ccc1[nH]2. The first kappa shape index (κ1) is 31.4. The van der Waals surface area contributed by atoms with Gasteiger partial charge in [-0.1, -0.05) is 48.5 Å². The molecule has 44 heavy (non-hydrogen) atoms. The maximum absolute atomic E-state index is 11.9. The number of fused-ring (bicyclic) bond motifs is 8. The number of aromatic nitrogens is 4. The molecule has 5 nitrogen and oxygen atoms in total. The van der Waals surface area contributed by atoms with Crippen LogP contribution in [0.5, 0.6) is 0 Å². The van der Waals surface area contributed by atoms with Crippen LogP contribution in [0.15, 0.2) is 36.4 Å². The van der Waals surface area contributed by atoms with Crippen LogP contribution >= 0.6 is 0 Å². The molecule has 1 aliphatic heterocycles. The highest BCUT2D eigenvalue weighted by Crippen LogP contribution is 2.31. The highest BCUT2D eigenvalue weighted by molar-refractivity contribution is 5.82.